The summed E-state index contributed by atoms with van der Waals surface area (Å²) in [6.45, 7) is 3.48. The van der Waals surface area contributed by atoms with Crippen LogP contribution in [0.4, 0.5) is 0 Å². The van der Waals surface area contributed by atoms with E-state index in [4.69, 9.17) is 21.4 Å². The third kappa shape index (κ3) is 7.69. The normalized spacial score (nSPS) is 12.0. The lowest BCUT2D eigenvalue weighted by Crippen LogP contribution is -2.37. The summed E-state index contributed by atoms with van der Waals surface area (Å²) >= 11 is 6.23. The van der Waals surface area contributed by atoms with Crippen LogP contribution in [0.15, 0.2) is 65.6 Å². The molecule has 0 aliphatic carbocycles. The second kappa shape index (κ2) is 13.3. The molecule has 0 saturated carbocycles. The number of benzene rings is 3. The maximum Gasteiger partial charge on any atom is 0.281 e. The number of aliphatic hydroxyl groups excluding tert-OH is 1. The molecule has 0 unspecified atom stereocenters. The Hall–Kier alpha value is -3.42. The highest BCUT2D eigenvalue weighted by Gasteiger charge is 2.23. The van der Waals surface area contributed by atoms with E-state index in [0.717, 1.165) is 16.5 Å². The first-order valence-electron chi connectivity index (χ1n) is 13.1. The van der Waals surface area contributed by atoms with Gasteiger partial charge in [0, 0.05) is 22.5 Å². The number of rotatable bonds is 13. The molecule has 0 spiro atoms. The SMILES string of the molecule is Cc1cc(OCCCc2c(C(=O)NS(=O)(=O)CCNS(=O)(=O)c3ccc(CO)cc3)[nH]c3ccccc23)cc(C)c1Cl. The van der Waals surface area contributed by atoms with Gasteiger partial charge in [-0.15, -0.1) is 0 Å². The number of aromatic amines is 1. The van der Waals surface area contributed by atoms with Crippen LogP contribution < -0.4 is 14.2 Å². The summed E-state index contributed by atoms with van der Waals surface area (Å²) in [6, 6.07) is 16.5. The zero-order chi connectivity index (χ0) is 30.5. The van der Waals surface area contributed by atoms with Crippen LogP contribution >= 0.6 is 11.6 Å². The van der Waals surface area contributed by atoms with Gasteiger partial charge < -0.3 is 14.8 Å². The zero-order valence-corrected chi connectivity index (χ0v) is 25.5. The molecule has 4 N–H and O–H groups in total. The Morgan fingerprint density at radius 1 is 1.00 bits per heavy atom. The van der Waals surface area contributed by atoms with Crippen molar-refractivity contribution in [1.29, 1.82) is 0 Å². The number of sulfonamides is 2. The van der Waals surface area contributed by atoms with Gasteiger partial charge in [-0.05, 0) is 79.3 Å². The number of amides is 1. The lowest BCUT2D eigenvalue weighted by molar-refractivity contribution is 0.0976. The number of ether oxygens (including phenoxy) is 1. The molecule has 0 radical (unpaired) electrons. The smallest absolute Gasteiger partial charge is 0.281 e. The van der Waals surface area contributed by atoms with Crippen molar-refractivity contribution >= 4 is 48.5 Å². The lowest BCUT2D eigenvalue weighted by Gasteiger charge is -2.11. The van der Waals surface area contributed by atoms with Gasteiger partial charge in [-0.3, -0.25) is 4.79 Å². The van der Waals surface area contributed by atoms with Crippen molar-refractivity contribution in [3.63, 3.8) is 0 Å². The molecular weight excluding hydrogens is 602 g/mol. The van der Waals surface area contributed by atoms with Crippen molar-refractivity contribution in [1.82, 2.24) is 14.4 Å². The van der Waals surface area contributed by atoms with E-state index in [2.05, 4.69) is 9.71 Å². The number of aromatic nitrogens is 1. The van der Waals surface area contributed by atoms with E-state index in [1.165, 1.54) is 24.3 Å². The van der Waals surface area contributed by atoms with Crippen molar-refractivity contribution in [3.05, 3.63) is 93.6 Å². The molecule has 0 aliphatic heterocycles. The van der Waals surface area contributed by atoms with Gasteiger partial charge in [-0.2, -0.15) is 0 Å². The van der Waals surface area contributed by atoms with Gasteiger partial charge in [0.05, 0.1) is 23.9 Å². The number of aryl methyl sites for hydroxylation is 3. The number of hydrogen-bond donors (Lipinski definition) is 4. The summed E-state index contributed by atoms with van der Waals surface area (Å²) in [4.78, 5) is 16.1. The fourth-order valence-electron chi connectivity index (χ4n) is 4.49. The van der Waals surface area contributed by atoms with Gasteiger partial charge in [0.2, 0.25) is 20.0 Å². The molecule has 3 aromatic carbocycles. The largest absolute Gasteiger partial charge is 0.494 e. The Bertz CT molecular complexity index is 1780. The average molecular weight is 634 g/mol. The molecule has 0 atom stereocenters. The molecule has 42 heavy (non-hydrogen) atoms. The number of para-hydroxylation sites is 1. The molecular formula is C29H32ClN3O7S2. The van der Waals surface area contributed by atoms with Crippen molar-refractivity contribution in [3.8, 4) is 5.75 Å². The molecule has 4 rings (SSSR count). The molecule has 0 fully saturated rings. The van der Waals surface area contributed by atoms with Crippen LogP contribution in [-0.2, 0) is 33.1 Å². The highest BCUT2D eigenvalue weighted by Crippen LogP contribution is 2.27. The number of fused-ring (bicyclic) bond motifs is 1. The second-order valence-electron chi connectivity index (χ2n) is 9.80. The Labute approximate surface area is 250 Å². The first-order valence-corrected chi connectivity index (χ1v) is 16.6. The molecule has 224 valence electrons. The Morgan fingerprint density at radius 2 is 1.67 bits per heavy atom. The fraction of sp³-hybridized carbons (Fsp3) is 0.276. The van der Waals surface area contributed by atoms with E-state index < -0.39 is 38.3 Å². The number of aliphatic hydroxyl groups is 1. The molecule has 10 nitrogen and oxygen atoms in total. The number of H-pyrrole nitrogens is 1. The van der Waals surface area contributed by atoms with Crippen molar-refractivity contribution in [2.75, 3.05) is 18.9 Å². The predicted molar refractivity (Wildman–Crippen MR) is 162 cm³/mol. The summed E-state index contributed by atoms with van der Waals surface area (Å²) in [6.07, 6.45) is 0.990. The van der Waals surface area contributed by atoms with Gasteiger partial charge in [-0.25, -0.2) is 26.3 Å². The van der Waals surface area contributed by atoms with E-state index in [1.54, 1.807) is 12.1 Å². The van der Waals surface area contributed by atoms with Crippen LogP contribution in [0.5, 0.6) is 5.75 Å². The number of carbonyl (C=O) groups excluding carboxylic acids is 1. The highest BCUT2D eigenvalue weighted by molar-refractivity contribution is 7.90. The van der Waals surface area contributed by atoms with E-state index in [9.17, 15) is 21.6 Å². The Morgan fingerprint density at radius 3 is 2.33 bits per heavy atom. The van der Waals surface area contributed by atoms with E-state index in [0.29, 0.717) is 46.9 Å². The first-order chi connectivity index (χ1) is 19.9. The maximum absolute atomic E-state index is 13.1. The minimum atomic E-state index is -4.19. The molecule has 1 amide bonds. The van der Waals surface area contributed by atoms with E-state index in [1.807, 2.05) is 42.8 Å². The number of hydrogen-bond acceptors (Lipinski definition) is 7. The number of carbonyl (C=O) groups is 1. The first kappa shape index (κ1) is 31.5. The van der Waals surface area contributed by atoms with Crippen LogP contribution in [0.1, 0.15) is 39.2 Å². The third-order valence-corrected chi connectivity index (χ3v) is 9.93. The minimum absolute atomic E-state index is 0.0748. The standard InChI is InChI=1S/C29H32ClN3O7S2/c1-19-16-22(17-20(2)27(19)30)40-14-5-7-25-24-6-3-4-8-26(24)32-28(25)29(35)33-41(36,37)15-13-31-42(38,39)23-11-9-21(18-34)10-12-23/h3-4,6,8-12,16-17,31-32,34H,5,7,13-15,18H2,1-2H3,(H,33,35). The number of nitrogens with one attached hydrogen (secondary N) is 3. The van der Waals surface area contributed by atoms with Crippen LogP contribution in [0.2, 0.25) is 5.02 Å². The van der Waals surface area contributed by atoms with Crippen molar-refractivity contribution < 1.29 is 31.5 Å². The average Bonchev–Trinajstić information content (AvgIpc) is 3.32. The van der Waals surface area contributed by atoms with Crippen LogP contribution in [0.25, 0.3) is 10.9 Å². The van der Waals surface area contributed by atoms with Gasteiger partial charge in [0.15, 0.2) is 0 Å². The summed E-state index contributed by atoms with van der Waals surface area (Å²) in [7, 11) is -8.17. The van der Waals surface area contributed by atoms with Crippen molar-refractivity contribution in [2.24, 2.45) is 0 Å². The van der Waals surface area contributed by atoms with Gasteiger partial charge in [0.25, 0.3) is 5.91 Å². The molecule has 1 aromatic heterocycles. The molecule has 1 heterocycles. The van der Waals surface area contributed by atoms with Crippen LogP contribution in [0, 0.1) is 13.8 Å². The van der Waals surface area contributed by atoms with E-state index >= 15 is 0 Å². The van der Waals surface area contributed by atoms with Crippen molar-refractivity contribution in [2.45, 2.75) is 38.2 Å². The van der Waals surface area contributed by atoms with Gasteiger partial charge in [0.1, 0.15) is 11.4 Å². The highest BCUT2D eigenvalue weighted by atomic mass is 35.5. The minimum Gasteiger partial charge on any atom is -0.494 e. The Kier molecular flexibility index (Phi) is 9.95. The molecule has 0 aliphatic rings. The quantitative estimate of drug-likeness (QED) is 0.162. The third-order valence-electron chi connectivity index (χ3n) is 6.62. The van der Waals surface area contributed by atoms with Crippen LogP contribution in [-0.4, -0.2) is 51.7 Å². The molecule has 4 aromatic rings. The predicted octanol–water partition coefficient (Wildman–Crippen LogP) is 3.98. The number of halogens is 1. The van der Waals surface area contributed by atoms with Gasteiger partial charge in [-0.1, -0.05) is 41.9 Å². The monoisotopic (exact) mass is 633 g/mol. The Balaban J connectivity index is 1.39. The van der Waals surface area contributed by atoms with E-state index in [-0.39, 0.29) is 17.2 Å². The second-order valence-corrected chi connectivity index (χ2v) is 13.8. The fourth-order valence-corrected chi connectivity index (χ4v) is 6.62. The molecule has 0 bridgehead atoms. The lowest BCUT2D eigenvalue weighted by atomic mass is 10.1. The molecule has 13 heteroatoms. The summed E-state index contributed by atoms with van der Waals surface area (Å²) in [5, 5.41) is 10.6. The van der Waals surface area contributed by atoms with Crippen LogP contribution in [0.3, 0.4) is 0 Å². The maximum atomic E-state index is 13.1. The topological polar surface area (TPSA) is 155 Å². The summed E-state index contributed by atoms with van der Waals surface area (Å²) < 4.78 is 60.6. The zero-order valence-electron chi connectivity index (χ0n) is 23.1. The molecule has 0 saturated heterocycles. The summed E-state index contributed by atoms with van der Waals surface area (Å²) in [5.74, 6) is -0.806. The summed E-state index contributed by atoms with van der Waals surface area (Å²) in [5.41, 5.74) is 3.80. The van der Waals surface area contributed by atoms with Gasteiger partial charge >= 0.3 is 0 Å².